The average molecular weight is 524 g/mol. The summed E-state index contributed by atoms with van der Waals surface area (Å²) in [7, 11) is 3.20. The maximum Gasteiger partial charge on any atom is 0.270 e. The Morgan fingerprint density at radius 3 is 2.31 bits per heavy atom. The summed E-state index contributed by atoms with van der Waals surface area (Å²) in [5.41, 5.74) is 4.68. The van der Waals surface area contributed by atoms with Gasteiger partial charge in [-0.3, -0.25) is 19.8 Å². The molecule has 0 saturated carbocycles. The first-order chi connectivity index (χ1) is 19.1. The van der Waals surface area contributed by atoms with Crippen molar-refractivity contribution in [3.63, 3.8) is 0 Å². The number of nitrogens with one attached hydrogen (secondary N) is 3. The molecule has 0 unspecified atom stereocenters. The second-order valence-corrected chi connectivity index (χ2v) is 9.80. The van der Waals surface area contributed by atoms with Gasteiger partial charge in [0.2, 0.25) is 0 Å². The molecule has 8 nitrogen and oxygen atoms in total. The number of aromatic nitrogens is 2. The van der Waals surface area contributed by atoms with Gasteiger partial charge < -0.3 is 19.5 Å². The Bertz CT molecular complexity index is 1600. The standard InChI is InChI=1S/C31H29N3O5/c1-37-25-13-10-20(16-26(25)38-2)21-14-23-28(24(35)15-21)27(29-30(32-23)33-34-31(29)36)19-8-11-22(12-9-19)39-17-18-6-4-3-5-7-18/h3-13,16,21,27H,14-15,17H2,1-2H3,(H3,32,33,34,36)/t21-,27-/m0/s1. The van der Waals surface area contributed by atoms with Crippen LogP contribution in [-0.2, 0) is 11.4 Å². The van der Waals surface area contributed by atoms with Crippen LogP contribution in [-0.4, -0.2) is 30.2 Å². The van der Waals surface area contributed by atoms with Gasteiger partial charge in [0.1, 0.15) is 18.2 Å². The smallest absolute Gasteiger partial charge is 0.270 e. The van der Waals surface area contributed by atoms with Gasteiger partial charge in [-0.15, -0.1) is 0 Å². The van der Waals surface area contributed by atoms with Crippen LogP contribution in [0.25, 0.3) is 0 Å². The number of hydrogen-bond acceptors (Lipinski definition) is 6. The number of hydrogen-bond donors (Lipinski definition) is 3. The lowest BCUT2D eigenvalue weighted by atomic mass is 9.73. The number of anilines is 1. The topological polar surface area (TPSA) is 105 Å². The quantitative estimate of drug-likeness (QED) is 0.305. The number of Topliss-reactive ketones (excluding diaryl/α,β-unsaturated/α-hetero) is 1. The molecule has 3 aromatic carbocycles. The molecule has 2 aliphatic rings. The Morgan fingerprint density at radius 1 is 0.821 bits per heavy atom. The van der Waals surface area contributed by atoms with Crippen LogP contribution in [0, 0.1) is 0 Å². The van der Waals surface area contributed by atoms with E-state index in [0.717, 1.165) is 28.1 Å². The molecule has 3 N–H and O–H groups in total. The van der Waals surface area contributed by atoms with Crippen LogP contribution < -0.4 is 25.1 Å². The van der Waals surface area contributed by atoms with Gasteiger partial charge in [0.15, 0.2) is 17.3 Å². The van der Waals surface area contributed by atoms with Crippen LogP contribution >= 0.6 is 0 Å². The minimum atomic E-state index is -0.478. The highest BCUT2D eigenvalue weighted by atomic mass is 16.5. The van der Waals surface area contributed by atoms with E-state index >= 15 is 0 Å². The third-order valence-electron chi connectivity index (χ3n) is 7.52. The molecule has 6 rings (SSSR count). The predicted molar refractivity (Wildman–Crippen MR) is 148 cm³/mol. The number of ketones is 1. The van der Waals surface area contributed by atoms with Gasteiger partial charge in [0, 0.05) is 23.6 Å². The van der Waals surface area contributed by atoms with Crippen molar-refractivity contribution in [2.45, 2.75) is 31.3 Å². The number of carbonyl (C=O) groups excluding carboxylic acids is 1. The van der Waals surface area contributed by atoms with Crippen molar-refractivity contribution in [3.8, 4) is 17.2 Å². The van der Waals surface area contributed by atoms with Crippen molar-refractivity contribution in [1.82, 2.24) is 10.2 Å². The van der Waals surface area contributed by atoms with Crippen LogP contribution in [0.5, 0.6) is 17.2 Å². The second kappa shape index (κ2) is 10.2. The molecule has 0 spiro atoms. The highest BCUT2D eigenvalue weighted by Gasteiger charge is 2.40. The molecule has 0 bridgehead atoms. The first-order valence-electron chi connectivity index (χ1n) is 12.9. The van der Waals surface area contributed by atoms with Crippen LogP contribution in [0.1, 0.15) is 46.9 Å². The molecule has 0 radical (unpaired) electrons. The van der Waals surface area contributed by atoms with Gasteiger partial charge in [-0.2, -0.15) is 0 Å². The fraction of sp³-hybridized carbons (Fsp3) is 0.226. The normalized spacial score (nSPS) is 18.2. The Balaban J connectivity index is 1.32. The maximum absolute atomic E-state index is 13.7. The Hall–Kier alpha value is -4.72. The first-order valence-corrected chi connectivity index (χ1v) is 12.9. The lowest BCUT2D eigenvalue weighted by molar-refractivity contribution is -0.116. The summed E-state index contributed by atoms with van der Waals surface area (Å²) in [5.74, 6) is 2.09. The van der Waals surface area contributed by atoms with E-state index < -0.39 is 5.92 Å². The summed E-state index contributed by atoms with van der Waals surface area (Å²) in [6, 6.07) is 23.4. The number of methoxy groups -OCH3 is 2. The van der Waals surface area contributed by atoms with Gasteiger partial charge in [-0.05, 0) is 53.3 Å². The minimum absolute atomic E-state index is 0.0178. The molecule has 198 valence electrons. The first kappa shape index (κ1) is 24.6. The summed E-state index contributed by atoms with van der Waals surface area (Å²) in [4.78, 5) is 26.6. The second-order valence-electron chi connectivity index (χ2n) is 9.80. The predicted octanol–water partition coefficient (Wildman–Crippen LogP) is 5.26. The monoisotopic (exact) mass is 523 g/mol. The zero-order chi connectivity index (χ0) is 26.9. The molecule has 1 aromatic heterocycles. The fourth-order valence-electron chi connectivity index (χ4n) is 5.59. The van der Waals surface area contributed by atoms with Crippen molar-refractivity contribution < 1.29 is 19.0 Å². The van der Waals surface area contributed by atoms with Gasteiger partial charge in [0.25, 0.3) is 5.56 Å². The molecule has 1 aliphatic carbocycles. The number of allylic oxidation sites excluding steroid dienone is 2. The Morgan fingerprint density at radius 2 is 1.56 bits per heavy atom. The molecule has 8 heteroatoms. The van der Waals surface area contributed by atoms with E-state index in [2.05, 4.69) is 15.5 Å². The van der Waals surface area contributed by atoms with Crippen molar-refractivity contribution in [3.05, 3.63) is 117 Å². The molecule has 2 atom stereocenters. The van der Waals surface area contributed by atoms with E-state index in [1.165, 1.54) is 0 Å². The molecular formula is C31H29N3O5. The molecule has 39 heavy (non-hydrogen) atoms. The number of H-pyrrole nitrogens is 2. The Kier molecular flexibility index (Phi) is 6.44. The van der Waals surface area contributed by atoms with Crippen molar-refractivity contribution in [2.75, 3.05) is 19.5 Å². The third-order valence-corrected chi connectivity index (χ3v) is 7.52. The fourth-order valence-corrected chi connectivity index (χ4v) is 5.59. The van der Waals surface area contributed by atoms with E-state index in [-0.39, 0.29) is 17.3 Å². The number of rotatable bonds is 7. The van der Waals surface area contributed by atoms with Crippen molar-refractivity contribution in [1.29, 1.82) is 0 Å². The number of aromatic amines is 2. The van der Waals surface area contributed by atoms with Crippen molar-refractivity contribution >= 4 is 11.6 Å². The molecule has 0 saturated heterocycles. The third kappa shape index (κ3) is 4.58. The molecule has 0 amide bonds. The van der Waals surface area contributed by atoms with Gasteiger partial charge in [-0.1, -0.05) is 48.5 Å². The van der Waals surface area contributed by atoms with Crippen LogP contribution in [0.4, 0.5) is 5.82 Å². The van der Waals surface area contributed by atoms with E-state index in [0.29, 0.717) is 47.9 Å². The summed E-state index contributed by atoms with van der Waals surface area (Å²) in [5, 5.41) is 8.99. The zero-order valence-electron chi connectivity index (χ0n) is 21.7. The number of carbonyl (C=O) groups is 1. The molecule has 1 aliphatic heterocycles. The van der Waals surface area contributed by atoms with Crippen LogP contribution in [0.15, 0.2) is 88.9 Å². The van der Waals surface area contributed by atoms with Gasteiger partial charge >= 0.3 is 0 Å². The number of ether oxygens (including phenoxy) is 3. The Labute approximate surface area is 225 Å². The van der Waals surface area contributed by atoms with Gasteiger partial charge in [-0.25, -0.2) is 0 Å². The van der Waals surface area contributed by atoms with E-state index in [1.54, 1.807) is 14.2 Å². The highest BCUT2D eigenvalue weighted by molar-refractivity contribution is 6.01. The minimum Gasteiger partial charge on any atom is -0.493 e. The maximum atomic E-state index is 13.7. The van der Waals surface area contributed by atoms with Crippen molar-refractivity contribution in [2.24, 2.45) is 0 Å². The average Bonchev–Trinajstić information content (AvgIpc) is 3.35. The molecule has 2 heterocycles. The molecular weight excluding hydrogens is 494 g/mol. The van der Waals surface area contributed by atoms with E-state index in [1.807, 2.05) is 72.8 Å². The number of benzene rings is 3. The zero-order valence-corrected chi connectivity index (χ0v) is 21.7. The highest BCUT2D eigenvalue weighted by Crippen LogP contribution is 2.47. The SMILES string of the molecule is COc1ccc([C@@H]2CC(=O)C3=C(C2)Nc2[nH][nH]c(=O)c2[C@H]3c2ccc(OCc3ccccc3)cc2)cc1OC. The van der Waals surface area contributed by atoms with Crippen LogP contribution in [0.3, 0.4) is 0 Å². The summed E-state index contributed by atoms with van der Waals surface area (Å²) >= 11 is 0. The summed E-state index contributed by atoms with van der Waals surface area (Å²) in [6.45, 7) is 0.459. The molecule has 4 aromatic rings. The van der Waals surface area contributed by atoms with E-state index in [4.69, 9.17) is 14.2 Å². The van der Waals surface area contributed by atoms with Gasteiger partial charge in [0.05, 0.1) is 19.8 Å². The number of fused-ring (bicyclic) bond motifs is 1. The summed E-state index contributed by atoms with van der Waals surface area (Å²) in [6.07, 6.45) is 0.959. The lowest BCUT2D eigenvalue weighted by Crippen LogP contribution is -2.31. The van der Waals surface area contributed by atoms with E-state index in [9.17, 15) is 9.59 Å². The lowest BCUT2D eigenvalue weighted by Gasteiger charge is -2.34. The largest absolute Gasteiger partial charge is 0.493 e. The van der Waals surface area contributed by atoms with Crippen LogP contribution in [0.2, 0.25) is 0 Å². The molecule has 0 fully saturated rings. The summed E-state index contributed by atoms with van der Waals surface area (Å²) < 4.78 is 16.8.